The van der Waals surface area contributed by atoms with Crippen LogP contribution in [0.1, 0.15) is 54.8 Å². The first-order valence-corrected chi connectivity index (χ1v) is 13.1. The van der Waals surface area contributed by atoms with Crippen LogP contribution in [0.15, 0.2) is 60.3 Å². The van der Waals surface area contributed by atoms with Gasteiger partial charge in [-0.3, -0.25) is 19.5 Å². The smallest absolute Gasteiger partial charge is 0.301 e. The van der Waals surface area contributed by atoms with Crippen LogP contribution in [0.4, 0.5) is 5.13 Å². The van der Waals surface area contributed by atoms with Crippen molar-refractivity contribution in [1.29, 1.82) is 0 Å². The lowest BCUT2D eigenvalue weighted by Crippen LogP contribution is -2.29. The van der Waals surface area contributed by atoms with E-state index in [2.05, 4.69) is 31.8 Å². The number of hydrogen-bond acceptors (Lipinski definition) is 7. The van der Waals surface area contributed by atoms with Gasteiger partial charge in [0.1, 0.15) is 17.6 Å². The summed E-state index contributed by atoms with van der Waals surface area (Å²) in [7, 11) is 1.58. The minimum Gasteiger partial charge on any atom is -0.507 e. The third-order valence-corrected chi connectivity index (χ3v) is 7.88. The standard InChI is InChI=1S/C30H29N3O4S/c1-16-14-22(37-6)17(2)13-19(16)26(34)24-25(21-9-7-8-12-31-21)33(28(36)27(24)35)29-32-20-11-10-18(30(3,4)5)15-23(20)38-29/h7-15,25,34H,1-6H3/b26-24+. The average Bonchev–Trinajstić information content (AvgIpc) is 3.42. The molecule has 7 nitrogen and oxygen atoms in total. The fourth-order valence-electron chi connectivity index (χ4n) is 4.74. The van der Waals surface area contributed by atoms with E-state index in [1.54, 1.807) is 43.6 Å². The second-order valence-electron chi connectivity index (χ2n) is 10.5. The van der Waals surface area contributed by atoms with E-state index in [0.29, 0.717) is 27.7 Å². The zero-order chi connectivity index (χ0) is 27.4. The fraction of sp³-hybridized carbons (Fsp3) is 0.267. The summed E-state index contributed by atoms with van der Waals surface area (Å²) in [5.74, 6) is -1.10. The number of Topliss-reactive ketones (excluding diaryl/α,β-unsaturated/α-hetero) is 1. The molecule has 1 N–H and O–H groups in total. The van der Waals surface area contributed by atoms with Gasteiger partial charge in [0.05, 0.1) is 28.6 Å². The summed E-state index contributed by atoms with van der Waals surface area (Å²) in [6.45, 7) is 10.1. The van der Waals surface area contributed by atoms with Crippen LogP contribution >= 0.6 is 11.3 Å². The van der Waals surface area contributed by atoms with Gasteiger partial charge in [0, 0.05) is 11.8 Å². The Morgan fingerprint density at radius 2 is 1.82 bits per heavy atom. The second kappa shape index (κ2) is 9.36. The predicted molar refractivity (Wildman–Crippen MR) is 150 cm³/mol. The SMILES string of the molecule is COc1cc(C)c(/C(O)=C2\C(=O)C(=O)N(c3nc4ccc(C(C)(C)C)cc4s3)C2c2ccccn2)cc1C. The van der Waals surface area contributed by atoms with Gasteiger partial charge in [-0.2, -0.15) is 0 Å². The first-order chi connectivity index (χ1) is 18.0. The molecule has 1 atom stereocenters. The third kappa shape index (κ3) is 4.24. The maximum atomic E-state index is 13.5. The van der Waals surface area contributed by atoms with E-state index < -0.39 is 17.7 Å². The quantitative estimate of drug-likeness (QED) is 0.192. The number of aliphatic hydroxyl groups is 1. The monoisotopic (exact) mass is 527 g/mol. The van der Waals surface area contributed by atoms with Gasteiger partial charge in [-0.15, -0.1) is 0 Å². The number of pyridine rings is 1. The molecule has 1 saturated heterocycles. The van der Waals surface area contributed by atoms with E-state index >= 15 is 0 Å². The molecule has 2 aromatic carbocycles. The number of nitrogens with zero attached hydrogens (tertiary/aromatic N) is 3. The molecule has 4 aromatic rings. The van der Waals surface area contributed by atoms with Crippen LogP contribution in [0.2, 0.25) is 0 Å². The lowest BCUT2D eigenvalue weighted by molar-refractivity contribution is -0.132. The summed E-state index contributed by atoms with van der Waals surface area (Å²) >= 11 is 1.34. The van der Waals surface area contributed by atoms with Gasteiger partial charge in [0.2, 0.25) is 0 Å². The number of carbonyl (C=O) groups is 2. The highest BCUT2D eigenvalue weighted by Gasteiger charge is 2.49. The van der Waals surface area contributed by atoms with Gasteiger partial charge in [-0.05, 0) is 72.4 Å². The Labute approximate surface area is 225 Å². The molecule has 38 heavy (non-hydrogen) atoms. The molecule has 0 spiro atoms. The van der Waals surface area contributed by atoms with Crippen LogP contribution in [-0.2, 0) is 15.0 Å². The first-order valence-electron chi connectivity index (χ1n) is 12.3. The van der Waals surface area contributed by atoms with Gasteiger partial charge in [-0.1, -0.05) is 44.2 Å². The number of thiazole rings is 1. The van der Waals surface area contributed by atoms with E-state index in [4.69, 9.17) is 9.72 Å². The third-order valence-electron chi connectivity index (χ3n) is 6.86. The van der Waals surface area contributed by atoms with E-state index in [0.717, 1.165) is 21.3 Å². The number of carbonyl (C=O) groups excluding carboxylic acids is 2. The zero-order valence-electron chi connectivity index (χ0n) is 22.2. The summed E-state index contributed by atoms with van der Waals surface area (Å²) in [5.41, 5.74) is 4.25. The molecule has 3 heterocycles. The molecular weight excluding hydrogens is 498 g/mol. The average molecular weight is 528 g/mol. The van der Waals surface area contributed by atoms with Gasteiger partial charge >= 0.3 is 5.91 Å². The molecule has 1 unspecified atom stereocenters. The highest BCUT2D eigenvalue weighted by molar-refractivity contribution is 7.22. The van der Waals surface area contributed by atoms with Crippen LogP contribution in [0, 0.1) is 13.8 Å². The van der Waals surface area contributed by atoms with Crippen molar-refractivity contribution in [1.82, 2.24) is 9.97 Å². The molecule has 2 aromatic heterocycles. The topological polar surface area (TPSA) is 92.6 Å². The maximum Gasteiger partial charge on any atom is 0.301 e. The number of ether oxygens (including phenoxy) is 1. The highest BCUT2D eigenvalue weighted by atomic mass is 32.1. The van der Waals surface area contributed by atoms with Crippen molar-refractivity contribution in [3.63, 3.8) is 0 Å². The number of anilines is 1. The maximum absolute atomic E-state index is 13.5. The molecule has 0 aliphatic carbocycles. The number of benzene rings is 2. The lowest BCUT2D eigenvalue weighted by Gasteiger charge is -2.22. The molecule has 1 aliphatic heterocycles. The molecule has 0 bridgehead atoms. The largest absolute Gasteiger partial charge is 0.507 e. The number of aliphatic hydroxyl groups excluding tert-OH is 1. The Morgan fingerprint density at radius 3 is 2.47 bits per heavy atom. The second-order valence-corrected chi connectivity index (χ2v) is 11.5. The number of rotatable bonds is 4. The number of hydrogen-bond donors (Lipinski definition) is 1. The molecule has 194 valence electrons. The molecule has 0 radical (unpaired) electrons. The molecular formula is C30H29N3O4S. The van der Waals surface area contributed by atoms with Gasteiger partial charge < -0.3 is 9.84 Å². The number of amides is 1. The van der Waals surface area contributed by atoms with Crippen molar-refractivity contribution < 1.29 is 19.4 Å². The summed E-state index contributed by atoms with van der Waals surface area (Å²) in [4.78, 5) is 37.6. The Kier molecular flexibility index (Phi) is 6.31. The Hall–Kier alpha value is -4.04. The molecule has 8 heteroatoms. The summed E-state index contributed by atoms with van der Waals surface area (Å²) < 4.78 is 6.32. The van der Waals surface area contributed by atoms with E-state index in [1.165, 1.54) is 16.2 Å². The van der Waals surface area contributed by atoms with Crippen molar-refractivity contribution in [3.05, 3.63) is 88.2 Å². The van der Waals surface area contributed by atoms with Crippen LogP contribution in [0.3, 0.4) is 0 Å². The number of ketones is 1. The van der Waals surface area contributed by atoms with E-state index in [-0.39, 0.29) is 16.7 Å². The fourth-order valence-corrected chi connectivity index (χ4v) is 5.77. The highest BCUT2D eigenvalue weighted by Crippen LogP contribution is 2.44. The normalized spacial score (nSPS) is 17.4. The van der Waals surface area contributed by atoms with Crippen molar-refractivity contribution in [2.75, 3.05) is 12.0 Å². The van der Waals surface area contributed by atoms with Crippen LogP contribution in [0.5, 0.6) is 5.75 Å². The zero-order valence-corrected chi connectivity index (χ0v) is 23.0. The van der Waals surface area contributed by atoms with Crippen LogP contribution < -0.4 is 9.64 Å². The number of fused-ring (bicyclic) bond motifs is 1. The van der Waals surface area contributed by atoms with E-state index in [9.17, 15) is 14.7 Å². The summed E-state index contributed by atoms with van der Waals surface area (Å²) in [6.07, 6.45) is 1.60. The molecule has 1 amide bonds. The minimum atomic E-state index is -0.930. The van der Waals surface area contributed by atoms with Crippen molar-refractivity contribution >= 4 is 44.1 Å². The number of aryl methyl sites for hydroxylation is 2. The van der Waals surface area contributed by atoms with Gasteiger partial charge in [0.15, 0.2) is 5.13 Å². The Bertz CT molecular complexity index is 1620. The molecule has 0 saturated carbocycles. The van der Waals surface area contributed by atoms with Crippen LogP contribution in [0.25, 0.3) is 16.0 Å². The molecule has 1 fully saturated rings. The van der Waals surface area contributed by atoms with Crippen molar-refractivity contribution in [2.45, 2.75) is 46.1 Å². The minimum absolute atomic E-state index is 0.0176. The Morgan fingerprint density at radius 1 is 1.05 bits per heavy atom. The van der Waals surface area contributed by atoms with E-state index in [1.807, 2.05) is 26.0 Å². The summed E-state index contributed by atoms with van der Waals surface area (Å²) in [5, 5.41) is 11.9. The molecule has 5 rings (SSSR count). The number of aromatic nitrogens is 2. The van der Waals surface area contributed by atoms with Crippen LogP contribution in [-0.4, -0.2) is 33.9 Å². The number of methoxy groups -OCH3 is 1. The van der Waals surface area contributed by atoms with Gasteiger partial charge in [-0.25, -0.2) is 4.98 Å². The van der Waals surface area contributed by atoms with Crippen molar-refractivity contribution in [3.8, 4) is 5.75 Å². The molecule has 1 aliphatic rings. The predicted octanol–water partition coefficient (Wildman–Crippen LogP) is 6.24. The van der Waals surface area contributed by atoms with Gasteiger partial charge in [0.25, 0.3) is 5.78 Å². The van der Waals surface area contributed by atoms with Crippen molar-refractivity contribution in [2.24, 2.45) is 0 Å². The first kappa shape index (κ1) is 25.6. The lowest BCUT2D eigenvalue weighted by atomic mass is 9.87. The Balaban J connectivity index is 1.71. The summed E-state index contributed by atoms with van der Waals surface area (Å²) in [6, 6.07) is 14.0.